The lowest BCUT2D eigenvalue weighted by molar-refractivity contribution is 0.0992. The topological polar surface area (TPSA) is 40.9 Å². The Labute approximate surface area is 78.8 Å². The molecule has 1 radical (unpaired) electrons. The highest BCUT2D eigenvalue weighted by Crippen LogP contribution is 2.07. The van der Waals surface area contributed by atoms with Gasteiger partial charge in [0.05, 0.1) is 0 Å². The highest BCUT2D eigenvalue weighted by atomic mass is 16.1. The monoisotopic (exact) mass is 176 g/mol. The third kappa shape index (κ3) is 2.90. The third-order valence-corrected chi connectivity index (χ3v) is 2.04. The minimum absolute atomic E-state index is 0.472. The zero-order valence-corrected chi connectivity index (χ0v) is 7.84. The van der Waals surface area contributed by atoms with E-state index in [-0.39, 0.29) is 0 Å². The molecule has 0 heterocycles. The number of nitrogens with one attached hydrogen (secondary N) is 1. The fraction of sp³-hybridized carbons (Fsp3) is 0.364. The van der Waals surface area contributed by atoms with E-state index < -0.39 is 5.91 Å². The summed E-state index contributed by atoms with van der Waals surface area (Å²) in [5.74, 6) is -0.609. The number of aryl methyl sites for hydroxylation is 1. The minimum atomic E-state index is -0.609. The van der Waals surface area contributed by atoms with Crippen molar-refractivity contribution < 1.29 is 4.79 Å². The van der Waals surface area contributed by atoms with Crippen molar-refractivity contribution in [2.75, 3.05) is 0 Å². The number of benzene rings is 1. The van der Waals surface area contributed by atoms with Gasteiger partial charge in [-0.3, -0.25) is 10.5 Å². The first-order chi connectivity index (χ1) is 6.24. The Morgan fingerprint density at radius 1 is 1.31 bits per heavy atom. The molecular formula is C11H14NO. The minimum Gasteiger partial charge on any atom is -0.267 e. The van der Waals surface area contributed by atoms with E-state index in [4.69, 9.17) is 5.73 Å². The van der Waals surface area contributed by atoms with E-state index in [0.717, 1.165) is 6.42 Å². The third-order valence-electron chi connectivity index (χ3n) is 2.04. The van der Waals surface area contributed by atoms with E-state index >= 15 is 0 Å². The van der Waals surface area contributed by atoms with Crippen LogP contribution in [0.5, 0.6) is 0 Å². The number of carbonyl (C=O) groups is 1. The lowest BCUT2D eigenvalue weighted by Gasteiger charge is -1.99. The van der Waals surface area contributed by atoms with E-state index in [1.165, 1.54) is 18.4 Å². The van der Waals surface area contributed by atoms with Gasteiger partial charge >= 0.3 is 0 Å². The fourth-order valence-electron chi connectivity index (χ4n) is 1.20. The van der Waals surface area contributed by atoms with E-state index in [0.29, 0.717) is 5.56 Å². The number of unbranched alkanes of at least 4 members (excludes halogenated alkanes) is 1. The molecule has 0 bridgehead atoms. The van der Waals surface area contributed by atoms with E-state index in [9.17, 15) is 4.79 Å². The molecule has 0 fully saturated rings. The molecule has 0 aliphatic heterocycles. The van der Waals surface area contributed by atoms with Crippen LogP contribution in [0.3, 0.4) is 0 Å². The Morgan fingerprint density at radius 2 is 1.92 bits per heavy atom. The summed E-state index contributed by atoms with van der Waals surface area (Å²) in [7, 11) is 0. The van der Waals surface area contributed by atoms with Gasteiger partial charge < -0.3 is 0 Å². The predicted octanol–water partition coefficient (Wildman–Crippen LogP) is 2.45. The zero-order chi connectivity index (χ0) is 9.68. The predicted molar refractivity (Wildman–Crippen MR) is 52.5 cm³/mol. The first-order valence-corrected chi connectivity index (χ1v) is 4.59. The molecule has 1 aromatic carbocycles. The molecule has 2 nitrogen and oxygen atoms in total. The average molecular weight is 176 g/mol. The van der Waals surface area contributed by atoms with Crippen molar-refractivity contribution in [1.29, 1.82) is 0 Å². The number of hydrogen-bond donors (Lipinski definition) is 0. The van der Waals surface area contributed by atoms with Gasteiger partial charge in [-0.25, -0.2) is 0 Å². The van der Waals surface area contributed by atoms with Gasteiger partial charge in [0.1, 0.15) is 0 Å². The Hall–Kier alpha value is -1.31. The summed E-state index contributed by atoms with van der Waals surface area (Å²) in [6.07, 6.45) is 3.41. The van der Waals surface area contributed by atoms with Gasteiger partial charge in [0.2, 0.25) is 0 Å². The lowest BCUT2D eigenvalue weighted by Crippen LogP contribution is -1.98. The van der Waals surface area contributed by atoms with Gasteiger partial charge in [0, 0.05) is 5.56 Å². The second-order valence-electron chi connectivity index (χ2n) is 3.13. The Bertz CT molecular complexity index is 277. The van der Waals surface area contributed by atoms with E-state index in [1.54, 1.807) is 12.1 Å². The molecule has 0 atom stereocenters. The van der Waals surface area contributed by atoms with Gasteiger partial charge in [-0.1, -0.05) is 25.5 Å². The second-order valence-corrected chi connectivity index (χ2v) is 3.13. The molecule has 0 saturated carbocycles. The Balaban J connectivity index is 2.64. The number of rotatable bonds is 4. The van der Waals surface area contributed by atoms with Crippen molar-refractivity contribution in [2.45, 2.75) is 26.2 Å². The molecule has 13 heavy (non-hydrogen) atoms. The van der Waals surface area contributed by atoms with Crippen LogP contribution in [0.25, 0.3) is 0 Å². The standard InChI is InChI=1S/C11H14NO/c1-2-3-4-9-5-7-10(8-6-9)11(12)13/h5-8,12H,2-4H2,1H3. The first kappa shape index (κ1) is 9.78. The molecule has 0 unspecified atom stereocenters. The average Bonchev–Trinajstić information content (AvgIpc) is 2.15. The molecule has 2 heteroatoms. The summed E-state index contributed by atoms with van der Waals surface area (Å²) in [5, 5.41) is 0. The quantitative estimate of drug-likeness (QED) is 0.694. The highest BCUT2D eigenvalue weighted by molar-refractivity contribution is 5.92. The van der Waals surface area contributed by atoms with Gasteiger partial charge in [-0.15, -0.1) is 0 Å². The molecule has 1 N–H and O–H groups in total. The van der Waals surface area contributed by atoms with Crippen molar-refractivity contribution in [3.8, 4) is 0 Å². The van der Waals surface area contributed by atoms with Crippen LogP contribution in [0.1, 0.15) is 35.7 Å². The second kappa shape index (κ2) is 4.65. The maximum Gasteiger partial charge on any atom is 0.269 e. The summed E-state index contributed by atoms with van der Waals surface area (Å²) >= 11 is 0. The van der Waals surface area contributed by atoms with Crippen molar-refractivity contribution in [2.24, 2.45) is 0 Å². The largest absolute Gasteiger partial charge is 0.269 e. The van der Waals surface area contributed by atoms with Crippen LogP contribution in [0.4, 0.5) is 0 Å². The smallest absolute Gasteiger partial charge is 0.267 e. The SMILES string of the molecule is CCCCc1ccc(C([NH])=O)cc1. The van der Waals surface area contributed by atoms with Crippen LogP contribution in [0.15, 0.2) is 24.3 Å². The Morgan fingerprint density at radius 3 is 2.38 bits per heavy atom. The maximum absolute atomic E-state index is 10.6. The van der Waals surface area contributed by atoms with Crippen LogP contribution < -0.4 is 5.73 Å². The molecule has 0 aliphatic carbocycles. The number of hydrogen-bond acceptors (Lipinski definition) is 1. The van der Waals surface area contributed by atoms with Gasteiger partial charge in [-0.2, -0.15) is 0 Å². The molecule has 0 aliphatic rings. The normalized spacial score (nSPS) is 9.92. The van der Waals surface area contributed by atoms with Gasteiger partial charge in [-0.05, 0) is 30.5 Å². The molecule has 1 rings (SSSR count). The molecule has 1 aromatic rings. The highest BCUT2D eigenvalue weighted by Gasteiger charge is 1.99. The fourth-order valence-corrected chi connectivity index (χ4v) is 1.20. The summed E-state index contributed by atoms with van der Waals surface area (Å²) in [5.41, 5.74) is 8.60. The van der Waals surface area contributed by atoms with E-state index in [1.807, 2.05) is 12.1 Å². The molecule has 69 valence electrons. The molecule has 0 saturated heterocycles. The van der Waals surface area contributed by atoms with Crippen molar-refractivity contribution in [3.05, 3.63) is 35.4 Å². The number of carbonyl (C=O) groups excluding carboxylic acids is 1. The van der Waals surface area contributed by atoms with E-state index in [2.05, 4.69) is 6.92 Å². The van der Waals surface area contributed by atoms with Crippen LogP contribution in [0.2, 0.25) is 0 Å². The van der Waals surface area contributed by atoms with Crippen LogP contribution in [0, 0.1) is 0 Å². The van der Waals surface area contributed by atoms with Crippen molar-refractivity contribution in [3.63, 3.8) is 0 Å². The number of amides is 1. The van der Waals surface area contributed by atoms with Gasteiger partial charge in [0.25, 0.3) is 5.91 Å². The van der Waals surface area contributed by atoms with Crippen LogP contribution >= 0.6 is 0 Å². The van der Waals surface area contributed by atoms with Gasteiger partial charge in [0.15, 0.2) is 0 Å². The lowest BCUT2D eigenvalue weighted by atomic mass is 10.1. The summed E-state index contributed by atoms with van der Waals surface area (Å²) in [6.45, 7) is 2.15. The molecular weight excluding hydrogens is 162 g/mol. The maximum atomic E-state index is 10.6. The molecule has 0 spiro atoms. The summed E-state index contributed by atoms with van der Waals surface area (Å²) < 4.78 is 0. The molecule has 0 aromatic heterocycles. The van der Waals surface area contributed by atoms with Crippen molar-refractivity contribution in [1.82, 2.24) is 5.73 Å². The molecule has 1 amide bonds. The van der Waals surface area contributed by atoms with Crippen LogP contribution in [-0.4, -0.2) is 5.91 Å². The van der Waals surface area contributed by atoms with Crippen LogP contribution in [-0.2, 0) is 6.42 Å². The zero-order valence-electron chi connectivity index (χ0n) is 7.84. The van der Waals surface area contributed by atoms with Crippen molar-refractivity contribution >= 4 is 5.91 Å². The summed E-state index contributed by atoms with van der Waals surface area (Å²) in [4.78, 5) is 10.6. The first-order valence-electron chi connectivity index (χ1n) is 4.59. The summed E-state index contributed by atoms with van der Waals surface area (Å²) in [6, 6.07) is 7.30. The Kier molecular flexibility index (Phi) is 3.50.